The summed E-state index contributed by atoms with van der Waals surface area (Å²) in [7, 11) is -2.59. The molecule has 0 bridgehead atoms. The van der Waals surface area contributed by atoms with Crippen molar-refractivity contribution in [1.29, 1.82) is 0 Å². The van der Waals surface area contributed by atoms with E-state index in [1.807, 2.05) is 0 Å². The molecule has 0 saturated carbocycles. The zero-order valence-corrected chi connectivity index (χ0v) is 21.6. The molecule has 0 aliphatic carbocycles. The van der Waals surface area contributed by atoms with E-state index in [0.29, 0.717) is 18.2 Å². The maximum absolute atomic E-state index is 15.4. The third kappa shape index (κ3) is 5.28. The van der Waals surface area contributed by atoms with Crippen LogP contribution >= 0.6 is 0 Å². The first kappa shape index (κ1) is 28.0. The molecule has 214 valence electrons. The number of rotatable bonds is 6. The van der Waals surface area contributed by atoms with Crippen LogP contribution in [0.25, 0.3) is 11.1 Å². The minimum Gasteiger partial charge on any atom is -0.495 e. The Kier molecular flexibility index (Phi) is 7.31. The van der Waals surface area contributed by atoms with Crippen molar-refractivity contribution in [3.05, 3.63) is 65.6 Å². The molecule has 9 nitrogen and oxygen atoms in total. The minimum absolute atomic E-state index is 0.0207. The smallest absolute Gasteiger partial charge is 0.416 e. The molecule has 0 unspecified atom stereocenters. The van der Waals surface area contributed by atoms with Crippen molar-refractivity contribution in [3.63, 3.8) is 0 Å². The molecule has 2 aromatic carbocycles. The quantitative estimate of drug-likeness (QED) is 0.402. The Labute approximate surface area is 225 Å². The first-order chi connectivity index (χ1) is 18.9. The number of ether oxygens (including phenoxy) is 2. The molecule has 0 radical (unpaired) electrons. The molecule has 3 heterocycles. The first-order valence-electron chi connectivity index (χ1n) is 11.9. The number of anilines is 1. The summed E-state index contributed by atoms with van der Waals surface area (Å²) in [6, 6.07) is 4.28. The molecule has 0 N–H and O–H groups in total. The van der Waals surface area contributed by atoms with Gasteiger partial charge in [0.05, 0.1) is 36.2 Å². The molecule has 2 atom stereocenters. The lowest BCUT2D eigenvalue weighted by Gasteiger charge is -2.46. The molecular formula is C25H22F5N3O6S. The molecule has 3 aromatic rings. The van der Waals surface area contributed by atoms with E-state index in [2.05, 4.69) is 9.68 Å². The van der Waals surface area contributed by atoms with Crippen LogP contribution in [0.5, 0.6) is 5.75 Å². The van der Waals surface area contributed by atoms with E-state index < -0.39 is 74.9 Å². The van der Waals surface area contributed by atoms with Crippen LogP contribution in [-0.2, 0) is 31.5 Å². The summed E-state index contributed by atoms with van der Waals surface area (Å²) >= 11 is 0. The Balaban J connectivity index is 1.46. The van der Waals surface area contributed by atoms with Crippen molar-refractivity contribution in [3.8, 4) is 16.9 Å². The third-order valence-electron chi connectivity index (χ3n) is 6.84. The van der Waals surface area contributed by atoms with Crippen molar-refractivity contribution >= 4 is 21.6 Å². The zero-order chi connectivity index (χ0) is 28.8. The number of sulfonamides is 1. The van der Waals surface area contributed by atoms with E-state index in [-0.39, 0.29) is 36.6 Å². The number of halogens is 5. The summed E-state index contributed by atoms with van der Waals surface area (Å²) in [5, 5.41) is 3.62. The number of carbonyl (C=O) groups is 1. The van der Waals surface area contributed by atoms with Crippen molar-refractivity contribution in [2.75, 3.05) is 31.7 Å². The molecule has 2 aliphatic rings. The molecule has 1 aromatic heterocycles. The van der Waals surface area contributed by atoms with Gasteiger partial charge in [0.2, 0.25) is 10.0 Å². The monoisotopic (exact) mass is 587 g/mol. The number of aromatic nitrogens is 1. The Morgan fingerprint density at radius 2 is 1.85 bits per heavy atom. The van der Waals surface area contributed by atoms with Crippen molar-refractivity contribution in [1.82, 2.24) is 9.46 Å². The number of carbonyl (C=O) groups excluding carboxylic acids is 1. The van der Waals surface area contributed by atoms with Crippen LogP contribution in [0.15, 0.2) is 47.2 Å². The van der Waals surface area contributed by atoms with Gasteiger partial charge in [0, 0.05) is 36.3 Å². The van der Waals surface area contributed by atoms with Crippen LogP contribution in [0, 0.1) is 11.6 Å². The van der Waals surface area contributed by atoms with Crippen molar-refractivity contribution in [2.45, 2.75) is 30.5 Å². The molecule has 40 heavy (non-hydrogen) atoms. The number of morpholine rings is 1. The number of alkyl halides is 3. The average Bonchev–Trinajstić information content (AvgIpc) is 3.40. The molecular weight excluding hydrogens is 565 g/mol. The standard InChI is InChI=1S/C25H22F5N3O6S/c1-37-22-9-17(16-8-14(25(28,29)30)2-3-18(16)26)19(27)10-21(22)33-20-4-6-32(11-23(20)38-12-24(33)34)40(35,36)13-15-5-7-39-31-15/h2-3,5,7-10,20,23H,4,6,11-13H2,1H3/t20-,23-/m1/s1. The highest BCUT2D eigenvalue weighted by atomic mass is 32.2. The maximum atomic E-state index is 15.4. The van der Waals surface area contributed by atoms with Crippen molar-refractivity contribution < 1.29 is 49.2 Å². The number of amides is 1. The van der Waals surface area contributed by atoms with Crippen LogP contribution in [0.2, 0.25) is 0 Å². The van der Waals surface area contributed by atoms with Crippen LogP contribution in [0.3, 0.4) is 0 Å². The van der Waals surface area contributed by atoms with Gasteiger partial charge in [-0.25, -0.2) is 17.2 Å². The van der Waals surface area contributed by atoms with E-state index in [9.17, 15) is 30.8 Å². The SMILES string of the molecule is COc1cc(-c2cc(C(F)(F)F)ccc2F)c(F)cc1N1C(=O)CO[C@@H]2CN(S(=O)(=O)Cc3ccon3)CC[C@H]21. The Morgan fingerprint density at radius 1 is 1.10 bits per heavy atom. The van der Waals surface area contributed by atoms with Crippen LogP contribution < -0.4 is 9.64 Å². The second-order valence-electron chi connectivity index (χ2n) is 9.27. The van der Waals surface area contributed by atoms with Gasteiger partial charge in [0.25, 0.3) is 5.91 Å². The first-order valence-corrected chi connectivity index (χ1v) is 13.6. The fraction of sp³-hybridized carbons (Fsp3) is 0.360. The number of hydrogen-bond acceptors (Lipinski definition) is 7. The summed E-state index contributed by atoms with van der Waals surface area (Å²) in [6.45, 7) is -0.507. The summed E-state index contributed by atoms with van der Waals surface area (Å²) in [5.74, 6) is -3.21. The molecule has 1 amide bonds. The van der Waals surface area contributed by atoms with E-state index in [0.717, 1.165) is 12.1 Å². The summed E-state index contributed by atoms with van der Waals surface area (Å²) in [4.78, 5) is 14.2. The molecule has 2 saturated heterocycles. The summed E-state index contributed by atoms with van der Waals surface area (Å²) in [6.07, 6.45) is -4.17. The van der Waals surface area contributed by atoms with E-state index >= 15 is 4.39 Å². The zero-order valence-electron chi connectivity index (χ0n) is 20.8. The van der Waals surface area contributed by atoms with Gasteiger partial charge in [0.1, 0.15) is 36.0 Å². The van der Waals surface area contributed by atoms with Crippen molar-refractivity contribution in [2.24, 2.45) is 0 Å². The highest BCUT2D eigenvalue weighted by molar-refractivity contribution is 7.88. The molecule has 2 fully saturated rings. The summed E-state index contributed by atoms with van der Waals surface area (Å²) in [5.41, 5.74) is -2.11. The van der Waals surface area contributed by atoms with Crippen LogP contribution in [-0.4, -0.2) is 62.7 Å². The number of nitrogens with zero attached hydrogens (tertiary/aromatic N) is 3. The fourth-order valence-electron chi connectivity index (χ4n) is 4.93. The van der Waals surface area contributed by atoms with Gasteiger partial charge in [-0.15, -0.1) is 0 Å². The lowest BCUT2D eigenvalue weighted by Crippen LogP contribution is -2.62. The predicted molar refractivity (Wildman–Crippen MR) is 130 cm³/mol. The highest BCUT2D eigenvalue weighted by Crippen LogP contribution is 2.41. The second kappa shape index (κ2) is 10.4. The van der Waals surface area contributed by atoms with Gasteiger partial charge >= 0.3 is 6.18 Å². The summed E-state index contributed by atoms with van der Waals surface area (Å²) < 4.78 is 112. The Hall–Kier alpha value is -3.56. The Bertz CT molecular complexity index is 1530. The predicted octanol–water partition coefficient (Wildman–Crippen LogP) is 3.98. The Morgan fingerprint density at radius 3 is 2.52 bits per heavy atom. The second-order valence-corrected chi connectivity index (χ2v) is 11.2. The molecule has 5 rings (SSSR count). The number of hydrogen-bond donors (Lipinski definition) is 0. The van der Waals surface area contributed by atoms with E-state index in [1.54, 1.807) is 0 Å². The normalized spacial score (nSPS) is 20.4. The lowest BCUT2D eigenvalue weighted by molar-refractivity contribution is -0.137. The average molecular weight is 588 g/mol. The number of methoxy groups -OCH3 is 1. The van der Waals surface area contributed by atoms with Gasteiger partial charge < -0.3 is 18.9 Å². The molecule has 15 heteroatoms. The van der Waals surface area contributed by atoms with Crippen LogP contribution in [0.4, 0.5) is 27.6 Å². The maximum Gasteiger partial charge on any atom is 0.416 e. The number of piperidine rings is 1. The largest absolute Gasteiger partial charge is 0.495 e. The van der Waals surface area contributed by atoms with Gasteiger partial charge in [-0.3, -0.25) is 4.79 Å². The van der Waals surface area contributed by atoms with Gasteiger partial charge in [0.15, 0.2) is 0 Å². The lowest BCUT2D eigenvalue weighted by atomic mass is 9.97. The minimum atomic E-state index is -4.78. The van der Waals surface area contributed by atoms with Gasteiger partial charge in [-0.2, -0.15) is 17.5 Å². The highest BCUT2D eigenvalue weighted by Gasteiger charge is 2.44. The molecule has 2 aliphatic heterocycles. The van der Waals surface area contributed by atoms with E-state index in [1.165, 1.54) is 28.6 Å². The van der Waals surface area contributed by atoms with E-state index in [4.69, 9.17) is 9.47 Å². The molecule has 0 spiro atoms. The van der Waals surface area contributed by atoms with Gasteiger partial charge in [-0.05, 0) is 30.7 Å². The van der Waals surface area contributed by atoms with Gasteiger partial charge in [-0.1, -0.05) is 5.16 Å². The topological polar surface area (TPSA) is 102 Å². The van der Waals surface area contributed by atoms with Crippen LogP contribution in [0.1, 0.15) is 17.7 Å². The number of fused-ring (bicyclic) bond motifs is 1. The third-order valence-corrected chi connectivity index (χ3v) is 8.61. The number of benzene rings is 2. The fourth-order valence-corrected chi connectivity index (χ4v) is 6.40.